The molecule has 0 bridgehead atoms. The Balaban J connectivity index is 2.29. The highest BCUT2D eigenvalue weighted by Gasteiger charge is 2.17. The molecule has 112 valence electrons. The Morgan fingerprint density at radius 3 is 2.05 bits per heavy atom. The van der Waals surface area contributed by atoms with E-state index in [1.54, 1.807) is 4.68 Å². The number of nitrogens with zero attached hydrogens (tertiary/aromatic N) is 2. The number of hydrogen-bond acceptors (Lipinski definition) is 1. The molecule has 0 atom stereocenters. The zero-order valence-electron chi connectivity index (χ0n) is 13.4. The average Bonchev–Trinajstić information content (AvgIpc) is 2.69. The van der Waals surface area contributed by atoms with Gasteiger partial charge in [-0.25, -0.2) is 4.68 Å². The van der Waals surface area contributed by atoms with E-state index in [0.29, 0.717) is 0 Å². The molecule has 3 heteroatoms. The molecule has 0 aliphatic heterocycles. The molecule has 2 aromatic carbocycles. The minimum Gasteiger partial charge on any atom is -0.285 e. The van der Waals surface area contributed by atoms with Crippen LogP contribution in [0.4, 0.5) is 0 Å². The second-order valence-corrected chi connectivity index (χ2v) is 5.81. The fraction of sp³-hybridized carbons (Fsp3) is 0.211. The Hall–Kier alpha value is -2.55. The van der Waals surface area contributed by atoms with Crippen LogP contribution in [0.5, 0.6) is 0 Å². The lowest BCUT2D eigenvalue weighted by Crippen LogP contribution is -2.20. The van der Waals surface area contributed by atoms with Crippen LogP contribution in [-0.4, -0.2) is 9.36 Å². The van der Waals surface area contributed by atoms with Crippen LogP contribution in [0.15, 0.2) is 53.3 Å². The van der Waals surface area contributed by atoms with Crippen molar-refractivity contribution in [1.29, 1.82) is 0 Å². The summed E-state index contributed by atoms with van der Waals surface area (Å²) in [6.07, 6.45) is 0. The van der Waals surface area contributed by atoms with Crippen LogP contribution >= 0.6 is 0 Å². The third-order valence-corrected chi connectivity index (χ3v) is 4.06. The second kappa shape index (κ2) is 5.34. The number of rotatable bonds is 2. The quantitative estimate of drug-likeness (QED) is 0.706. The zero-order valence-corrected chi connectivity index (χ0v) is 13.4. The van der Waals surface area contributed by atoms with Gasteiger partial charge in [0.15, 0.2) is 0 Å². The standard InChI is InChI=1S/C19H20N2O/c1-13-10-14(2)12-16(11-13)18-15(3)20(4)21(19(18)22)17-8-6-5-7-9-17/h5-12H,1-4H3. The normalized spacial score (nSPS) is 10.9. The van der Waals surface area contributed by atoms with E-state index in [-0.39, 0.29) is 5.56 Å². The Morgan fingerprint density at radius 2 is 1.45 bits per heavy atom. The average molecular weight is 292 g/mol. The van der Waals surface area contributed by atoms with Crippen molar-refractivity contribution in [2.75, 3.05) is 0 Å². The van der Waals surface area contributed by atoms with Gasteiger partial charge in [-0.15, -0.1) is 0 Å². The molecular weight excluding hydrogens is 272 g/mol. The van der Waals surface area contributed by atoms with Gasteiger partial charge in [0.1, 0.15) is 0 Å². The summed E-state index contributed by atoms with van der Waals surface area (Å²) in [5.41, 5.74) is 5.99. The fourth-order valence-electron chi connectivity index (χ4n) is 3.02. The number of benzene rings is 2. The van der Waals surface area contributed by atoms with E-state index in [1.165, 1.54) is 11.1 Å². The Bertz CT molecular complexity index is 866. The van der Waals surface area contributed by atoms with Crippen LogP contribution < -0.4 is 5.56 Å². The summed E-state index contributed by atoms with van der Waals surface area (Å²) in [6.45, 7) is 6.11. The van der Waals surface area contributed by atoms with Crippen LogP contribution in [0, 0.1) is 20.8 Å². The van der Waals surface area contributed by atoms with Gasteiger partial charge >= 0.3 is 0 Å². The monoisotopic (exact) mass is 292 g/mol. The number of aryl methyl sites for hydroxylation is 2. The maximum atomic E-state index is 13.0. The Labute approximate surface area is 130 Å². The summed E-state index contributed by atoms with van der Waals surface area (Å²) < 4.78 is 3.65. The van der Waals surface area contributed by atoms with E-state index in [9.17, 15) is 4.79 Å². The maximum absolute atomic E-state index is 13.0. The summed E-state index contributed by atoms with van der Waals surface area (Å²) in [6, 6.07) is 16.0. The van der Waals surface area contributed by atoms with Crippen molar-refractivity contribution in [2.24, 2.45) is 7.05 Å². The summed E-state index contributed by atoms with van der Waals surface area (Å²) >= 11 is 0. The Morgan fingerprint density at radius 1 is 0.864 bits per heavy atom. The van der Waals surface area contributed by atoms with E-state index < -0.39 is 0 Å². The van der Waals surface area contributed by atoms with E-state index in [2.05, 4.69) is 32.0 Å². The van der Waals surface area contributed by atoms with Crippen LogP contribution in [0.25, 0.3) is 16.8 Å². The molecule has 1 heterocycles. The summed E-state index contributed by atoms with van der Waals surface area (Å²) in [5, 5.41) is 0. The van der Waals surface area contributed by atoms with Crippen molar-refractivity contribution in [3.05, 3.63) is 75.7 Å². The van der Waals surface area contributed by atoms with Gasteiger partial charge < -0.3 is 0 Å². The highest BCUT2D eigenvalue weighted by atomic mass is 16.1. The molecule has 0 spiro atoms. The highest BCUT2D eigenvalue weighted by molar-refractivity contribution is 5.67. The molecule has 3 rings (SSSR count). The topological polar surface area (TPSA) is 26.9 Å². The third-order valence-electron chi connectivity index (χ3n) is 4.06. The summed E-state index contributed by atoms with van der Waals surface area (Å²) in [7, 11) is 1.93. The predicted molar refractivity (Wildman–Crippen MR) is 90.7 cm³/mol. The lowest BCUT2D eigenvalue weighted by atomic mass is 10.0. The molecule has 3 aromatic rings. The largest absolute Gasteiger partial charge is 0.285 e. The summed E-state index contributed by atoms with van der Waals surface area (Å²) in [4.78, 5) is 13.0. The van der Waals surface area contributed by atoms with Crippen LogP contribution in [-0.2, 0) is 7.05 Å². The molecule has 0 aliphatic rings. The summed E-state index contributed by atoms with van der Waals surface area (Å²) in [5.74, 6) is 0. The molecule has 0 aliphatic carbocycles. The molecule has 0 saturated carbocycles. The number of hydrogen-bond donors (Lipinski definition) is 0. The fourth-order valence-corrected chi connectivity index (χ4v) is 3.02. The van der Waals surface area contributed by atoms with Gasteiger partial charge in [0.05, 0.1) is 11.3 Å². The van der Waals surface area contributed by atoms with E-state index >= 15 is 0 Å². The number of para-hydroxylation sites is 1. The van der Waals surface area contributed by atoms with Crippen molar-refractivity contribution >= 4 is 0 Å². The van der Waals surface area contributed by atoms with Gasteiger partial charge in [-0.05, 0) is 38.5 Å². The van der Waals surface area contributed by atoms with Gasteiger partial charge in [0.2, 0.25) is 0 Å². The molecule has 0 saturated heterocycles. The van der Waals surface area contributed by atoms with Gasteiger partial charge in [0.25, 0.3) is 5.56 Å². The van der Waals surface area contributed by atoms with Gasteiger partial charge in [0, 0.05) is 12.7 Å². The molecule has 0 unspecified atom stereocenters. The van der Waals surface area contributed by atoms with Crippen molar-refractivity contribution in [3.8, 4) is 16.8 Å². The van der Waals surface area contributed by atoms with Crippen molar-refractivity contribution in [1.82, 2.24) is 9.36 Å². The van der Waals surface area contributed by atoms with Gasteiger partial charge in [-0.3, -0.25) is 9.48 Å². The van der Waals surface area contributed by atoms with Crippen LogP contribution in [0.2, 0.25) is 0 Å². The predicted octanol–water partition coefficient (Wildman–Crippen LogP) is 3.77. The second-order valence-electron chi connectivity index (χ2n) is 5.81. The first-order valence-corrected chi connectivity index (χ1v) is 7.41. The van der Waals surface area contributed by atoms with E-state index in [1.807, 2.05) is 49.0 Å². The van der Waals surface area contributed by atoms with Crippen molar-refractivity contribution in [2.45, 2.75) is 20.8 Å². The van der Waals surface area contributed by atoms with Crippen molar-refractivity contribution < 1.29 is 0 Å². The SMILES string of the molecule is Cc1cc(C)cc(-c2c(C)n(C)n(-c3ccccc3)c2=O)c1. The smallest absolute Gasteiger partial charge is 0.279 e. The lowest BCUT2D eigenvalue weighted by Gasteiger charge is -2.07. The maximum Gasteiger partial charge on any atom is 0.279 e. The molecule has 0 amide bonds. The molecule has 0 N–H and O–H groups in total. The van der Waals surface area contributed by atoms with Crippen LogP contribution in [0.3, 0.4) is 0 Å². The molecular formula is C19H20N2O. The molecule has 3 nitrogen and oxygen atoms in total. The van der Waals surface area contributed by atoms with Crippen LogP contribution in [0.1, 0.15) is 16.8 Å². The minimum atomic E-state index is 0.0243. The first-order valence-electron chi connectivity index (χ1n) is 7.41. The zero-order chi connectivity index (χ0) is 15.9. The highest BCUT2D eigenvalue weighted by Crippen LogP contribution is 2.23. The molecule has 1 aromatic heterocycles. The Kier molecular flexibility index (Phi) is 3.49. The first-order chi connectivity index (χ1) is 10.5. The first kappa shape index (κ1) is 14.4. The molecule has 0 fully saturated rings. The van der Waals surface area contributed by atoms with Gasteiger partial charge in [-0.1, -0.05) is 47.5 Å². The van der Waals surface area contributed by atoms with Crippen molar-refractivity contribution in [3.63, 3.8) is 0 Å². The minimum absolute atomic E-state index is 0.0243. The number of aromatic nitrogens is 2. The van der Waals surface area contributed by atoms with E-state index in [4.69, 9.17) is 0 Å². The van der Waals surface area contributed by atoms with E-state index in [0.717, 1.165) is 22.5 Å². The molecule has 0 radical (unpaired) electrons. The third kappa shape index (κ3) is 2.29. The molecule has 22 heavy (non-hydrogen) atoms. The van der Waals surface area contributed by atoms with Gasteiger partial charge in [-0.2, -0.15) is 0 Å². The lowest BCUT2D eigenvalue weighted by molar-refractivity contribution is 0.630.